The SMILES string of the molecule is COC1CC(C)C(N=C(C)C(CCCO[Si](C)(C)C)=NC2C(C)CC(OC)CC2C)C(C)C1. The maximum atomic E-state index is 6.14. The molecular formula is C27H52N2O3Si. The molecule has 0 aromatic rings. The topological polar surface area (TPSA) is 52.4 Å². The third-order valence-electron chi connectivity index (χ3n) is 7.70. The fourth-order valence-corrected chi connectivity index (χ4v) is 6.62. The molecule has 0 spiro atoms. The highest BCUT2D eigenvalue weighted by Crippen LogP contribution is 2.35. The number of hydrogen-bond donors (Lipinski definition) is 0. The van der Waals surface area contributed by atoms with Gasteiger partial charge in [-0.25, -0.2) is 0 Å². The monoisotopic (exact) mass is 480 g/mol. The third kappa shape index (κ3) is 8.86. The van der Waals surface area contributed by atoms with Crippen molar-refractivity contribution in [3.63, 3.8) is 0 Å². The van der Waals surface area contributed by atoms with Crippen LogP contribution in [0, 0.1) is 23.7 Å². The van der Waals surface area contributed by atoms with Gasteiger partial charge < -0.3 is 13.9 Å². The van der Waals surface area contributed by atoms with Crippen molar-refractivity contribution < 1.29 is 13.9 Å². The van der Waals surface area contributed by atoms with Gasteiger partial charge >= 0.3 is 0 Å². The van der Waals surface area contributed by atoms with Gasteiger partial charge in [0.2, 0.25) is 0 Å². The molecule has 4 atom stereocenters. The number of nitrogens with zero attached hydrogens (tertiary/aromatic N) is 2. The average Bonchev–Trinajstić information content (AvgIpc) is 2.73. The first-order chi connectivity index (χ1) is 15.4. The van der Waals surface area contributed by atoms with Crippen molar-refractivity contribution in [1.29, 1.82) is 0 Å². The molecule has 0 saturated heterocycles. The number of methoxy groups -OCH3 is 2. The summed E-state index contributed by atoms with van der Waals surface area (Å²) < 4.78 is 17.5. The molecule has 0 aromatic heterocycles. The zero-order valence-electron chi connectivity index (χ0n) is 23.2. The van der Waals surface area contributed by atoms with Gasteiger partial charge in [-0.15, -0.1) is 0 Å². The van der Waals surface area contributed by atoms with Gasteiger partial charge in [-0.05, 0) is 88.8 Å². The van der Waals surface area contributed by atoms with Crippen LogP contribution in [0.5, 0.6) is 0 Å². The van der Waals surface area contributed by atoms with Crippen LogP contribution < -0.4 is 0 Å². The summed E-state index contributed by atoms with van der Waals surface area (Å²) in [5.74, 6) is 2.10. The largest absolute Gasteiger partial charge is 0.418 e. The van der Waals surface area contributed by atoms with Crippen LogP contribution in [0.15, 0.2) is 9.98 Å². The molecule has 6 heteroatoms. The van der Waals surface area contributed by atoms with E-state index in [1.165, 1.54) is 5.71 Å². The molecule has 2 saturated carbocycles. The summed E-state index contributed by atoms with van der Waals surface area (Å²) >= 11 is 0. The van der Waals surface area contributed by atoms with Gasteiger partial charge in [0.1, 0.15) is 0 Å². The van der Waals surface area contributed by atoms with Gasteiger partial charge in [0, 0.05) is 20.8 Å². The van der Waals surface area contributed by atoms with E-state index in [9.17, 15) is 0 Å². The smallest absolute Gasteiger partial charge is 0.183 e. The van der Waals surface area contributed by atoms with Crippen molar-refractivity contribution in [3.8, 4) is 0 Å². The number of aliphatic imine (C=N–C) groups is 2. The fourth-order valence-electron chi connectivity index (χ4n) is 5.86. The first kappa shape index (κ1) is 28.7. The summed E-state index contributed by atoms with van der Waals surface area (Å²) in [6, 6.07) is 0.687. The molecule has 2 fully saturated rings. The van der Waals surface area contributed by atoms with E-state index in [1.54, 1.807) is 0 Å². The molecule has 0 heterocycles. The standard InChI is InChI=1S/C27H52N2O3Si/c1-18-14-23(30-6)15-19(2)26(18)28-22(5)25(12-11-13-32-33(8,9)10)29-27-20(3)16-24(31-7)17-21(27)4/h18-21,23-24,26-27H,11-17H2,1-10H3. The zero-order chi connectivity index (χ0) is 24.8. The summed E-state index contributed by atoms with van der Waals surface area (Å²) in [5.41, 5.74) is 2.33. The summed E-state index contributed by atoms with van der Waals surface area (Å²) in [6.45, 7) is 19.1. The predicted octanol–water partition coefficient (Wildman–Crippen LogP) is 6.42. The van der Waals surface area contributed by atoms with Gasteiger partial charge in [-0.3, -0.25) is 9.98 Å². The van der Waals surface area contributed by atoms with Crippen molar-refractivity contribution in [2.45, 2.75) is 117 Å². The second-order valence-electron chi connectivity index (χ2n) is 11.9. The molecule has 4 unspecified atom stereocenters. The minimum absolute atomic E-state index is 0.341. The van der Waals surface area contributed by atoms with E-state index in [0.29, 0.717) is 48.0 Å². The first-order valence-corrected chi connectivity index (χ1v) is 16.7. The van der Waals surface area contributed by atoms with Crippen LogP contribution in [0.2, 0.25) is 19.6 Å². The highest BCUT2D eigenvalue weighted by molar-refractivity contribution is 6.69. The molecular weight excluding hydrogens is 428 g/mol. The normalized spacial score (nSPS) is 36.8. The van der Waals surface area contributed by atoms with E-state index in [-0.39, 0.29) is 0 Å². The summed E-state index contributed by atoms with van der Waals surface area (Å²) in [7, 11) is 2.19. The van der Waals surface area contributed by atoms with Crippen molar-refractivity contribution >= 4 is 19.7 Å². The van der Waals surface area contributed by atoms with Crippen LogP contribution in [0.4, 0.5) is 0 Å². The molecule has 2 aliphatic rings. The Labute approximate surface area is 205 Å². The summed E-state index contributed by atoms with van der Waals surface area (Å²) in [4.78, 5) is 10.7. The third-order valence-corrected chi connectivity index (χ3v) is 8.77. The zero-order valence-corrected chi connectivity index (χ0v) is 24.2. The Kier molecular flexibility index (Phi) is 11.2. The van der Waals surface area contributed by atoms with E-state index < -0.39 is 8.32 Å². The van der Waals surface area contributed by atoms with Crippen LogP contribution in [0.25, 0.3) is 0 Å². The van der Waals surface area contributed by atoms with Crippen molar-refractivity contribution in [2.24, 2.45) is 33.7 Å². The Hall–Kier alpha value is -0.563. The van der Waals surface area contributed by atoms with E-state index in [0.717, 1.165) is 50.8 Å². The van der Waals surface area contributed by atoms with Gasteiger partial charge in [0.15, 0.2) is 8.32 Å². The lowest BCUT2D eigenvalue weighted by atomic mass is 9.77. The molecule has 0 aromatic carbocycles. The van der Waals surface area contributed by atoms with Crippen LogP contribution in [-0.2, 0) is 13.9 Å². The molecule has 0 amide bonds. The van der Waals surface area contributed by atoms with Gasteiger partial charge in [-0.1, -0.05) is 27.7 Å². The average molecular weight is 481 g/mol. The summed E-state index contributed by atoms with van der Waals surface area (Å²) in [6.07, 6.45) is 7.04. The molecule has 2 aliphatic carbocycles. The van der Waals surface area contributed by atoms with Crippen LogP contribution in [0.1, 0.15) is 73.1 Å². The van der Waals surface area contributed by atoms with E-state index >= 15 is 0 Å². The minimum Gasteiger partial charge on any atom is -0.418 e. The quantitative estimate of drug-likeness (QED) is 0.206. The lowest BCUT2D eigenvalue weighted by Crippen LogP contribution is -2.38. The molecule has 0 bridgehead atoms. The first-order valence-electron chi connectivity index (χ1n) is 13.3. The molecule has 5 nitrogen and oxygen atoms in total. The molecule has 0 radical (unpaired) electrons. The van der Waals surface area contributed by atoms with Crippen LogP contribution in [0.3, 0.4) is 0 Å². The highest BCUT2D eigenvalue weighted by Gasteiger charge is 2.35. The van der Waals surface area contributed by atoms with Gasteiger partial charge in [0.05, 0.1) is 35.7 Å². The van der Waals surface area contributed by atoms with Gasteiger partial charge in [0.25, 0.3) is 0 Å². The molecule has 33 heavy (non-hydrogen) atoms. The van der Waals surface area contributed by atoms with Crippen LogP contribution in [-0.4, -0.2) is 64.9 Å². The lowest BCUT2D eigenvalue weighted by Gasteiger charge is -2.37. The molecule has 2 rings (SSSR count). The van der Waals surface area contributed by atoms with E-state index in [4.69, 9.17) is 23.9 Å². The Morgan fingerprint density at radius 2 is 1.18 bits per heavy atom. The Balaban J connectivity index is 2.22. The maximum Gasteiger partial charge on any atom is 0.183 e. The van der Waals surface area contributed by atoms with Crippen molar-refractivity contribution in [2.75, 3.05) is 20.8 Å². The van der Waals surface area contributed by atoms with E-state index in [1.807, 2.05) is 14.2 Å². The number of hydrogen-bond acceptors (Lipinski definition) is 5. The Bertz CT molecular complexity index is 636. The second kappa shape index (κ2) is 12.9. The lowest BCUT2D eigenvalue weighted by molar-refractivity contribution is 0.0265. The second-order valence-corrected chi connectivity index (χ2v) is 16.4. The molecule has 0 N–H and O–H groups in total. The summed E-state index contributed by atoms with van der Waals surface area (Å²) in [5, 5.41) is 0. The number of rotatable bonds is 10. The number of ether oxygens (including phenoxy) is 2. The molecule has 0 aliphatic heterocycles. The fraction of sp³-hybridized carbons (Fsp3) is 0.926. The van der Waals surface area contributed by atoms with E-state index in [2.05, 4.69) is 54.3 Å². The highest BCUT2D eigenvalue weighted by atomic mass is 28.4. The predicted molar refractivity (Wildman–Crippen MR) is 143 cm³/mol. The minimum atomic E-state index is -1.49. The Morgan fingerprint density at radius 1 is 0.758 bits per heavy atom. The van der Waals surface area contributed by atoms with Crippen molar-refractivity contribution in [1.82, 2.24) is 0 Å². The van der Waals surface area contributed by atoms with Gasteiger partial charge in [-0.2, -0.15) is 0 Å². The molecule has 192 valence electrons. The Morgan fingerprint density at radius 3 is 1.58 bits per heavy atom. The van der Waals surface area contributed by atoms with Crippen LogP contribution >= 0.6 is 0 Å². The maximum absolute atomic E-state index is 6.14. The van der Waals surface area contributed by atoms with Crippen molar-refractivity contribution in [3.05, 3.63) is 0 Å².